The summed E-state index contributed by atoms with van der Waals surface area (Å²) < 4.78 is 10.9. The van der Waals surface area contributed by atoms with E-state index in [1.807, 2.05) is 19.1 Å². The Bertz CT molecular complexity index is 534. The van der Waals surface area contributed by atoms with E-state index in [4.69, 9.17) is 20.8 Å². The molecule has 2 aromatic rings. The van der Waals surface area contributed by atoms with E-state index in [1.54, 1.807) is 13.3 Å². The normalized spacial score (nSPS) is 10.6. The van der Waals surface area contributed by atoms with Gasteiger partial charge in [-0.2, -0.15) is 0 Å². The van der Waals surface area contributed by atoms with Crippen molar-refractivity contribution in [2.45, 2.75) is 19.7 Å². The maximum absolute atomic E-state index is 5.67. The van der Waals surface area contributed by atoms with Gasteiger partial charge in [-0.15, -0.1) is 11.6 Å². The maximum Gasteiger partial charge on any atom is 0.209 e. The molecule has 0 amide bonds. The average Bonchev–Trinajstić information content (AvgIpc) is 2.80. The first-order valence-electron chi connectivity index (χ1n) is 5.32. The van der Waals surface area contributed by atoms with Crippen molar-refractivity contribution in [1.29, 1.82) is 0 Å². The van der Waals surface area contributed by atoms with Crippen LogP contribution in [0.2, 0.25) is 0 Å². The Kier molecular flexibility index (Phi) is 3.38. The first-order chi connectivity index (χ1) is 8.15. The topological polar surface area (TPSA) is 35.3 Å². The van der Waals surface area contributed by atoms with Gasteiger partial charge in [0.1, 0.15) is 5.75 Å². The molecule has 0 radical (unpaired) electrons. The highest BCUT2D eigenvalue weighted by Crippen LogP contribution is 2.33. The molecule has 3 nitrogen and oxygen atoms in total. The van der Waals surface area contributed by atoms with Crippen LogP contribution in [0.1, 0.15) is 17.0 Å². The van der Waals surface area contributed by atoms with Crippen molar-refractivity contribution in [3.05, 3.63) is 35.3 Å². The highest BCUT2D eigenvalue weighted by Gasteiger charge is 2.12. The summed E-state index contributed by atoms with van der Waals surface area (Å²) in [5.74, 6) is 2.25. The van der Waals surface area contributed by atoms with E-state index in [0.717, 1.165) is 11.3 Å². The second kappa shape index (κ2) is 4.80. The number of halogens is 1. The molecule has 2 rings (SSSR count). The molecule has 0 atom stereocenters. The lowest BCUT2D eigenvalue weighted by atomic mass is 10.0. The summed E-state index contributed by atoms with van der Waals surface area (Å²) in [5.41, 5.74) is 3.27. The van der Waals surface area contributed by atoms with Crippen LogP contribution in [-0.4, -0.2) is 12.1 Å². The number of ether oxygens (including phenoxy) is 1. The Morgan fingerprint density at radius 3 is 2.59 bits per heavy atom. The zero-order valence-electron chi connectivity index (χ0n) is 10.1. The number of aryl methyl sites for hydroxylation is 2. The average molecular weight is 252 g/mol. The molecule has 0 saturated carbocycles. The number of nitrogens with zero attached hydrogens (tertiary/aromatic N) is 1. The first-order valence-corrected chi connectivity index (χ1v) is 5.85. The number of rotatable bonds is 3. The van der Waals surface area contributed by atoms with Crippen LogP contribution >= 0.6 is 11.6 Å². The number of oxazole rings is 1. The zero-order chi connectivity index (χ0) is 12.4. The molecule has 0 unspecified atom stereocenters. The van der Waals surface area contributed by atoms with Gasteiger partial charge in [-0.05, 0) is 37.1 Å². The summed E-state index contributed by atoms with van der Waals surface area (Å²) >= 11 is 5.67. The van der Waals surface area contributed by atoms with Crippen LogP contribution in [0.5, 0.6) is 5.75 Å². The molecule has 1 heterocycles. The minimum absolute atomic E-state index is 0.271. The largest absolute Gasteiger partial charge is 0.496 e. The summed E-state index contributed by atoms with van der Waals surface area (Å²) in [4.78, 5) is 4.08. The lowest BCUT2D eigenvalue weighted by molar-refractivity contribution is 0.413. The van der Waals surface area contributed by atoms with Gasteiger partial charge >= 0.3 is 0 Å². The molecule has 0 N–H and O–H groups in total. The molecular formula is C13H14ClNO2. The number of methoxy groups -OCH3 is 1. The molecule has 0 aliphatic rings. The summed E-state index contributed by atoms with van der Waals surface area (Å²) in [6.07, 6.45) is 1.67. The van der Waals surface area contributed by atoms with Gasteiger partial charge < -0.3 is 9.15 Å². The van der Waals surface area contributed by atoms with Crippen LogP contribution in [-0.2, 0) is 5.88 Å². The summed E-state index contributed by atoms with van der Waals surface area (Å²) in [6, 6.07) is 4.03. The minimum Gasteiger partial charge on any atom is -0.496 e. The van der Waals surface area contributed by atoms with Crippen molar-refractivity contribution in [1.82, 2.24) is 4.98 Å². The molecule has 1 aromatic heterocycles. The van der Waals surface area contributed by atoms with Crippen molar-refractivity contribution < 1.29 is 9.15 Å². The molecule has 0 spiro atoms. The van der Waals surface area contributed by atoms with Crippen molar-refractivity contribution in [3.63, 3.8) is 0 Å². The number of aromatic nitrogens is 1. The monoisotopic (exact) mass is 251 g/mol. The van der Waals surface area contributed by atoms with Crippen molar-refractivity contribution in [3.8, 4) is 17.1 Å². The third-order valence-electron chi connectivity index (χ3n) is 2.75. The Labute approximate surface area is 105 Å². The van der Waals surface area contributed by atoms with Crippen LogP contribution in [0.4, 0.5) is 0 Å². The molecule has 0 fully saturated rings. The van der Waals surface area contributed by atoms with Crippen LogP contribution in [0.15, 0.2) is 22.7 Å². The van der Waals surface area contributed by atoms with Crippen LogP contribution in [0.25, 0.3) is 11.3 Å². The molecular weight excluding hydrogens is 238 g/mol. The van der Waals surface area contributed by atoms with Gasteiger partial charge in [-0.3, -0.25) is 0 Å². The Hall–Kier alpha value is -1.48. The molecule has 0 saturated heterocycles. The molecule has 0 aliphatic carbocycles. The molecule has 4 heteroatoms. The van der Waals surface area contributed by atoms with E-state index in [0.29, 0.717) is 11.7 Å². The zero-order valence-corrected chi connectivity index (χ0v) is 10.8. The van der Waals surface area contributed by atoms with Crippen molar-refractivity contribution in [2.24, 2.45) is 0 Å². The van der Waals surface area contributed by atoms with Gasteiger partial charge in [0.25, 0.3) is 0 Å². The fraction of sp³-hybridized carbons (Fsp3) is 0.308. The van der Waals surface area contributed by atoms with E-state index in [1.165, 1.54) is 11.1 Å². The predicted octanol–water partition coefficient (Wildman–Crippen LogP) is 3.71. The quantitative estimate of drug-likeness (QED) is 0.780. The predicted molar refractivity (Wildman–Crippen MR) is 67.5 cm³/mol. The second-order valence-electron chi connectivity index (χ2n) is 3.89. The van der Waals surface area contributed by atoms with E-state index in [-0.39, 0.29) is 5.88 Å². The van der Waals surface area contributed by atoms with Gasteiger partial charge in [0.05, 0.1) is 24.8 Å². The second-order valence-corrected chi connectivity index (χ2v) is 4.16. The van der Waals surface area contributed by atoms with E-state index >= 15 is 0 Å². The Balaban J connectivity index is 2.53. The summed E-state index contributed by atoms with van der Waals surface area (Å²) in [6.45, 7) is 4.10. The SMILES string of the molecule is COc1cc(C)c(C)cc1-c1cnc(CCl)o1. The van der Waals surface area contributed by atoms with Crippen molar-refractivity contribution in [2.75, 3.05) is 7.11 Å². The van der Waals surface area contributed by atoms with E-state index in [2.05, 4.69) is 11.9 Å². The van der Waals surface area contributed by atoms with Gasteiger partial charge in [0.15, 0.2) is 5.76 Å². The molecule has 0 aliphatic heterocycles. The van der Waals surface area contributed by atoms with Crippen LogP contribution in [0.3, 0.4) is 0 Å². The van der Waals surface area contributed by atoms with Gasteiger partial charge in [0.2, 0.25) is 5.89 Å². The van der Waals surface area contributed by atoms with Gasteiger partial charge in [-0.25, -0.2) is 4.98 Å². The lowest BCUT2D eigenvalue weighted by Gasteiger charge is -2.09. The number of hydrogen-bond acceptors (Lipinski definition) is 3. The Morgan fingerprint density at radius 1 is 1.29 bits per heavy atom. The lowest BCUT2D eigenvalue weighted by Crippen LogP contribution is -1.90. The third kappa shape index (κ3) is 2.29. The van der Waals surface area contributed by atoms with Crippen molar-refractivity contribution >= 4 is 11.6 Å². The van der Waals surface area contributed by atoms with Crippen LogP contribution in [0, 0.1) is 13.8 Å². The Morgan fingerprint density at radius 2 is 2.00 bits per heavy atom. The minimum atomic E-state index is 0.271. The first kappa shape index (κ1) is 12.0. The molecule has 90 valence electrons. The summed E-state index contributed by atoms with van der Waals surface area (Å²) in [7, 11) is 1.65. The molecule has 0 bridgehead atoms. The fourth-order valence-corrected chi connectivity index (χ4v) is 1.77. The van der Waals surface area contributed by atoms with Gasteiger partial charge in [-0.1, -0.05) is 0 Å². The standard InChI is InChI=1S/C13H14ClNO2/c1-8-4-10(11(16-3)5-9(8)2)12-7-15-13(6-14)17-12/h4-5,7H,6H2,1-3H3. The smallest absolute Gasteiger partial charge is 0.209 e. The number of benzene rings is 1. The third-order valence-corrected chi connectivity index (χ3v) is 2.98. The molecule has 1 aromatic carbocycles. The number of hydrogen-bond donors (Lipinski definition) is 0. The van der Waals surface area contributed by atoms with E-state index in [9.17, 15) is 0 Å². The summed E-state index contributed by atoms with van der Waals surface area (Å²) in [5, 5.41) is 0. The van der Waals surface area contributed by atoms with Gasteiger partial charge in [0, 0.05) is 0 Å². The maximum atomic E-state index is 5.67. The molecule has 17 heavy (non-hydrogen) atoms. The van der Waals surface area contributed by atoms with Crippen LogP contribution < -0.4 is 4.74 Å². The van der Waals surface area contributed by atoms with E-state index < -0.39 is 0 Å². The number of alkyl halides is 1. The fourth-order valence-electron chi connectivity index (χ4n) is 1.65. The highest BCUT2D eigenvalue weighted by atomic mass is 35.5. The highest BCUT2D eigenvalue weighted by molar-refractivity contribution is 6.16.